The summed E-state index contributed by atoms with van der Waals surface area (Å²) in [6.45, 7) is 0. The molecule has 2 aliphatic rings. The molecule has 0 N–H and O–H groups in total. The fraction of sp³-hybridized carbons (Fsp3) is 0.0800. The highest BCUT2D eigenvalue weighted by atomic mass is 15.0. The van der Waals surface area contributed by atoms with Gasteiger partial charge in [0.1, 0.15) is 5.82 Å². The summed E-state index contributed by atoms with van der Waals surface area (Å²) in [4.78, 5) is 10.9. The molecule has 1 fully saturated rings. The van der Waals surface area contributed by atoms with Crippen LogP contribution < -0.4 is 0 Å². The first kappa shape index (κ1) is 29.0. The summed E-state index contributed by atoms with van der Waals surface area (Å²) in [6.07, 6.45) is 3.26. The maximum Gasteiger partial charge on any atom is 0.133 e. The summed E-state index contributed by atoms with van der Waals surface area (Å²) in [5.74, 6) is 1.96. The van der Waals surface area contributed by atoms with Crippen molar-refractivity contribution < 1.29 is 0 Å². The molecule has 2 heterocycles. The topological polar surface area (TPSA) is 30.7 Å². The maximum atomic E-state index is 5.51. The van der Waals surface area contributed by atoms with Gasteiger partial charge in [0.15, 0.2) is 0 Å². The van der Waals surface area contributed by atoms with Crippen LogP contribution in [0.3, 0.4) is 0 Å². The lowest BCUT2D eigenvalue weighted by Gasteiger charge is -2.15. The summed E-state index contributed by atoms with van der Waals surface area (Å²) < 4.78 is 2.35. The average Bonchev–Trinajstić information content (AvgIpc) is 3.80. The predicted molar refractivity (Wildman–Crippen MR) is 219 cm³/mol. The Labute approximate surface area is 306 Å². The summed E-state index contributed by atoms with van der Waals surface area (Å²) >= 11 is 0. The SMILES string of the molecule is c1ccc(-n2ccc3c4ccc5cccc6c5c4c(cc32)[C@H]2C(C6)C2c2nc(-c3ccc(-c4cccc5ccccc45)cc3)c3ccccc3n2)cc1. The van der Waals surface area contributed by atoms with E-state index in [1.54, 1.807) is 0 Å². The Hall–Kier alpha value is -6.58. The molecule has 2 unspecified atom stereocenters. The van der Waals surface area contributed by atoms with Gasteiger partial charge >= 0.3 is 0 Å². The van der Waals surface area contributed by atoms with E-state index in [1.165, 1.54) is 71.2 Å². The lowest BCUT2D eigenvalue weighted by Crippen LogP contribution is -2.01. The average molecular weight is 676 g/mol. The van der Waals surface area contributed by atoms with E-state index in [-0.39, 0.29) is 5.92 Å². The molecule has 53 heavy (non-hydrogen) atoms. The first-order valence-electron chi connectivity index (χ1n) is 18.7. The molecule has 3 heteroatoms. The van der Waals surface area contributed by atoms with Crippen LogP contribution in [-0.2, 0) is 6.42 Å². The van der Waals surface area contributed by atoms with E-state index in [1.807, 2.05) is 0 Å². The largest absolute Gasteiger partial charge is 0.317 e. The van der Waals surface area contributed by atoms with Crippen LogP contribution in [0.15, 0.2) is 170 Å². The number of rotatable bonds is 4. The van der Waals surface area contributed by atoms with Crippen molar-refractivity contribution in [2.24, 2.45) is 5.92 Å². The molecule has 2 aromatic heterocycles. The molecule has 0 spiro atoms. The normalized spacial score (nSPS) is 17.5. The Morgan fingerprint density at radius 3 is 2.17 bits per heavy atom. The second-order valence-electron chi connectivity index (χ2n) is 14.9. The summed E-state index contributed by atoms with van der Waals surface area (Å²) in [7, 11) is 0. The second kappa shape index (κ2) is 11.0. The molecule has 248 valence electrons. The van der Waals surface area contributed by atoms with Gasteiger partial charge in [0.05, 0.1) is 16.7 Å². The van der Waals surface area contributed by atoms with E-state index in [0.29, 0.717) is 11.8 Å². The summed E-state index contributed by atoms with van der Waals surface area (Å²) in [5.41, 5.74) is 10.9. The van der Waals surface area contributed by atoms with Crippen molar-refractivity contribution in [2.45, 2.75) is 18.3 Å². The zero-order chi connectivity index (χ0) is 34.6. The van der Waals surface area contributed by atoms with Crippen molar-refractivity contribution in [3.63, 3.8) is 0 Å². The Bertz CT molecular complexity index is 3100. The molecular formula is C50H33N3. The fourth-order valence-electron chi connectivity index (χ4n) is 9.67. The number of benzene rings is 8. The van der Waals surface area contributed by atoms with Crippen LogP contribution in [-0.4, -0.2) is 14.5 Å². The third-order valence-electron chi connectivity index (χ3n) is 12.1. The zero-order valence-electron chi connectivity index (χ0n) is 28.9. The third kappa shape index (κ3) is 4.28. The van der Waals surface area contributed by atoms with Crippen LogP contribution in [0.2, 0.25) is 0 Å². The molecule has 3 atom stereocenters. The molecule has 0 radical (unpaired) electrons. The standard InChI is InChI=1S/C50H33N3/c1-2-14-35(15-3-1)53-27-26-38-39-25-24-32-12-8-13-34-28-41-47(42(29-44(38)53)46(39)45(32)34)48(41)50-51-43-19-7-6-17-40(43)49(52-50)33-22-20-31(21-23-33)37-18-9-11-30-10-4-5-16-36(30)37/h1-27,29,41,47-48H,28H2/t41?,47-,48?/m1/s1. The van der Waals surface area contributed by atoms with Crippen LogP contribution >= 0.6 is 0 Å². The Morgan fingerprint density at radius 1 is 0.509 bits per heavy atom. The minimum absolute atomic E-state index is 0.234. The van der Waals surface area contributed by atoms with E-state index in [2.05, 4.69) is 175 Å². The number of hydrogen-bond acceptors (Lipinski definition) is 2. The number of hydrogen-bond donors (Lipinski definition) is 0. The highest BCUT2D eigenvalue weighted by Gasteiger charge is 2.55. The minimum atomic E-state index is 0.234. The van der Waals surface area contributed by atoms with Crippen LogP contribution in [0.25, 0.3) is 82.2 Å². The molecule has 8 aromatic carbocycles. The van der Waals surface area contributed by atoms with E-state index >= 15 is 0 Å². The van der Waals surface area contributed by atoms with Gasteiger partial charge in [-0.15, -0.1) is 0 Å². The van der Waals surface area contributed by atoms with Crippen molar-refractivity contribution in [3.8, 4) is 28.1 Å². The molecule has 0 aliphatic heterocycles. The van der Waals surface area contributed by atoms with Gasteiger partial charge in [-0.2, -0.15) is 0 Å². The minimum Gasteiger partial charge on any atom is -0.317 e. The van der Waals surface area contributed by atoms with Gasteiger partial charge < -0.3 is 4.57 Å². The van der Waals surface area contributed by atoms with Crippen molar-refractivity contribution in [1.29, 1.82) is 0 Å². The molecular weight excluding hydrogens is 643 g/mol. The number of para-hydroxylation sites is 2. The Balaban J connectivity index is 1.02. The highest BCUT2D eigenvalue weighted by Crippen LogP contribution is 2.65. The van der Waals surface area contributed by atoms with Gasteiger partial charge in [-0.1, -0.05) is 133 Å². The van der Waals surface area contributed by atoms with Crippen LogP contribution in [0.1, 0.15) is 28.8 Å². The van der Waals surface area contributed by atoms with Gasteiger partial charge in [-0.3, -0.25) is 0 Å². The Kier molecular flexibility index (Phi) is 6.01. The molecule has 3 nitrogen and oxygen atoms in total. The van der Waals surface area contributed by atoms with E-state index in [0.717, 1.165) is 34.4 Å². The fourth-order valence-corrected chi connectivity index (χ4v) is 9.67. The molecule has 10 aromatic rings. The van der Waals surface area contributed by atoms with Gasteiger partial charge in [0, 0.05) is 34.1 Å². The van der Waals surface area contributed by atoms with E-state index in [9.17, 15) is 0 Å². The maximum absolute atomic E-state index is 5.51. The monoisotopic (exact) mass is 675 g/mol. The highest BCUT2D eigenvalue weighted by molar-refractivity contribution is 6.20. The van der Waals surface area contributed by atoms with Gasteiger partial charge in [0.25, 0.3) is 0 Å². The molecule has 0 amide bonds. The van der Waals surface area contributed by atoms with Crippen LogP contribution in [0, 0.1) is 5.92 Å². The molecule has 1 saturated carbocycles. The molecule has 12 rings (SSSR count). The van der Waals surface area contributed by atoms with Crippen molar-refractivity contribution in [1.82, 2.24) is 14.5 Å². The summed E-state index contributed by atoms with van der Waals surface area (Å²) in [6, 6.07) is 59.7. The molecule has 2 aliphatic carbocycles. The van der Waals surface area contributed by atoms with Crippen LogP contribution in [0.5, 0.6) is 0 Å². The van der Waals surface area contributed by atoms with Gasteiger partial charge in [-0.25, -0.2) is 9.97 Å². The number of aromatic nitrogens is 3. The smallest absolute Gasteiger partial charge is 0.133 e. The van der Waals surface area contributed by atoms with E-state index < -0.39 is 0 Å². The van der Waals surface area contributed by atoms with Crippen LogP contribution in [0.4, 0.5) is 0 Å². The summed E-state index contributed by atoms with van der Waals surface area (Å²) in [5, 5.41) is 10.4. The lowest BCUT2D eigenvalue weighted by molar-refractivity contribution is 0.767. The molecule has 0 saturated heterocycles. The van der Waals surface area contributed by atoms with E-state index in [4.69, 9.17) is 9.97 Å². The Morgan fingerprint density at radius 2 is 1.26 bits per heavy atom. The number of fused-ring (bicyclic) bond motifs is 6. The number of nitrogens with zero attached hydrogens (tertiary/aromatic N) is 3. The van der Waals surface area contributed by atoms with Crippen molar-refractivity contribution >= 4 is 54.1 Å². The first-order chi connectivity index (χ1) is 26.3. The molecule has 0 bridgehead atoms. The van der Waals surface area contributed by atoms with Gasteiger partial charge in [0.2, 0.25) is 0 Å². The van der Waals surface area contributed by atoms with Gasteiger partial charge in [-0.05, 0) is 103 Å². The zero-order valence-corrected chi connectivity index (χ0v) is 28.9. The quantitative estimate of drug-likeness (QED) is 0.174. The second-order valence-corrected chi connectivity index (χ2v) is 14.9. The first-order valence-corrected chi connectivity index (χ1v) is 18.7. The third-order valence-corrected chi connectivity index (χ3v) is 12.1. The van der Waals surface area contributed by atoms with Crippen molar-refractivity contribution in [3.05, 3.63) is 187 Å². The lowest BCUT2D eigenvalue weighted by atomic mass is 9.91. The predicted octanol–water partition coefficient (Wildman–Crippen LogP) is 12.4. The van der Waals surface area contributed by atoms with Crippen molar-refractivity contribution in [2.75, 3.05) is 0 Å².